The second-order valence-corrected chi connectivity index (χ2v) is 27.0. The molecule has 0 aromatic heterocycles. The van der Waals surface area contributed by atoms with Crippen LogP contribution in [0.3, 0.4) is 0 Å². The Balaban J connectivity index is 5.43. The van der Waals surface area contributed by atoms with Gasteiger partial charge in [-0.25, -0.2) is 9.13 Å². The molecule has 0 fully saturated rings. The van der Waals surface area contributed by atoms with Gasteiger partial charge in [0.05, 0.1) is 26.4 Å². The standard InChI is InChI=1S/C79H130O17P2/c1-5-9-13-17-21-25-29-32-34-35-36-37-39-42-45-48-52-56-60-64-77(82)90-70-75(96-79(84)66-62-58-54-50-46-40-31-27-23-19-15-11-7-3)72-94-98(87,88)92-68-73(80)67-91-97(85,86)93-71-74(95-78(83)65-61-57-53-49-43-28-24-20-16-12-8-4)69-89-76(81)63-59-55-51-47-44-41-38-33-30-26-22-18-14-10-6-2/h9-10,13-15,19,21-22,25-27,31-34,36-38,42,44-45,47,52,56,73-75,80H,5-8,11-12,16-18,20,23-24,28-30,35,39-41,43,46,48-51,53-55,57-72H2,1-4H3,(H,85,86)(H,87,88)/b13-9-,14-10-,19-15-,25-21-,26-22-,31-27-,34-32-,37-36-,38-33-,45-42-,47-44-,56-52-. The number of aliphatic hydroxyl groups excluding tert-OH is 1. The fraction of sp³-hybridized carbons (Fsp3) is 0.646. The van der Waals surface area contributed by atoms with Crippen molar-refractivity contribution in [3.05, 3.63) is 146 Å². The zero-order chi connectivity index (χ0) is 71.8. The molecule has 19 heteroatoms. The molecule has 0 aliphatic carbocycles. The highest BCUT2D eigenvalue weighted by atomic mass is 31.2. The molecule has 0 amide bonds. The van der Waals surface area contributed by atoms with Crippen molar-refractivity contribution in [2.75, 3.05) is 39.6 Å². The number of esters is 4. The number of hydrogen-bond acceptors (Lipinski definition) is 15. The molecule has 0 aromatic carbocycles. The Morgan fingerprint density at radius 2 is 0.571 bits per heavy atom. The summed E-state index contributed by atoms with van der Waals surface area (Å²) in [5.74, 6) is -2.34. The van der Waals surface area contributed by atoms with Crippen LogP contribution in [0, 0.1) is 0 Å². The van der Waals surface area contributed by atoms with Gasteiger partial charge in [-0.3, -0.25) is 37.3 Å². The maximum absolute atomic E-state index is 13.1. The predicted octanol–water partition coefficient (Wildman–Crippen LogP) is 21.1. The summed E-state index contributed by atoms with van der Waals surface area (Å²) in [7, 11) is -9.98. The first kappa shape index (κ1) is 92.9. The lowest BCUT2D eigenvalue weighted by Crippen LogP contribution is -2.30. The van der Waals surface area contributed by atoms with E-state index in [-0.39, 0.29) is 25.7 Å². The number of rotatable bonds is 68. The van der Waals surface area contributed by atoms with Gasteiger partial charge in [0.15, 0.2) is 12.2 Å². The average Bonchev–Trinajstić information content (AvgIpc) is 0.972. The number of carbonyl (C=O) groups excluding carboxylic acids is 4. The second-order valence-electron chi connectivity index (χ2n) is 24.1. The SMILES string of the molecule is CC/C=C\C/C=C\C/C=C\C/C=C\C/C=C\C/C=C\CCC(=O)OCC(COP(=O)(O)OCC(O)COP(=O)(O)OCC(COC(=O)CCCC/C=C\C/C=C\C/C=C\C/C=C\CC)OC(=O)CCCCCCCCCCCCC)OC(=O)CCCCCCC/C=C\C/C=C\CCC. The minimum absolute atomic E-state index is 0.0286. The van der Waals surface area contributed by atoms with E-state index in [9.17, 15) is 43.2 Å². The predicted molar refractivity (Wildman–Crippen MR) is 399 cm³/mol. The number of allylic oxidation sites excluding steroid dienone is 24. The van der Waals surface area contributed by atoms with E-state index in [1.54, 1.807) is 0 Å². The molecule has 558 valence electrons. The smallest absolute Gasteiger partial charge is 0.462 e. The monoisotopic (exact) mass is 1410 g/mol. The molecule has 0 aliphatic heterocycles. The molecule has 0 radical (unpaired) electrons. The van der Waals surface area contributed by atoms with Crippen molar-refractivity contribution in [1.82, 2.24) is 0 Å². The maximum atomic E-state index is 13.1. The fourth-order valence-corrected chi connectivity index (χ4v) is 10.8. The first-order chi connectivity index (χ1) is 47.7. The van der Waals surface area contributed by atoms with Crippen LogP contribution >= 0.6 is 15.6 Å². The van der Waals surface area contributed by atoms with E-state index in [2.05, 4.69) is 155 Å². The molecular formula is C79H130O17P2. The Hall–Kier alpha value is -5.06. The van der Waals surface area contributed by atoms with Gasteiger partial charge in [-0.1, -0.05) is 263 Å². The molecule has 3 N–H and O–H groups in total. The highest BCUT2D eigenvalue weighted by Crippen LogP contribution is 2.45. The summed E-state index contributed by atoms with van der Waals surface area (Å²) >= 11 is 0. The molecule has 98 heavy (non-hydrogen) atoms. The summed E-state index contributed by atoms with van der Waals surface area (Å²) in [4.78, 5) is 72.7. The number of phosphoric acid groups is 2. The van der Waals surface area contributed by atoms with Gasteiger partial charge in [0, 0.05) is 25.7 Å². The lowest BCUT2D eigenvalue weighted by molar-refractivity contribution is -0.161. The summed E-state index contributed by atoms with van der Waals surface area (Å²) in [5, 5.41) is 10.6. The van der Waals surface area contributed by atoms with Crippen LogP contribution in [0.4, 0.5) is 0 Å². The molecular weight excluding hydrogens is 1280 g/mol. The molecule has 0 saturated carbocycles. The van der Waals surface area contributed by atoms with Crippen molar-refractivity contribution >= 4 is 39.5 Å². The Bertz CT molecular complexity index is 2430. The van der Waals surface area contributed by atoms with E-state index in [0.717, 1.165) is 148 Å². The molecule has 0 heterocycles. The van der Waals surface area contributed by atoms with Crippen LogP contribution in [0.25, 0.3) is 0 Å². The van der Waals surface area contributed by atoms with E-state index in [0.29, 0.717) is 32.1 Å². The van der Waals surface area contributed by atoms with Gasteiger partial charge in [-0.2, -0.15) is 0 Å². The largest absolute Gasteiger partial charge is 0.472 e. The molecule has 17 nitrogen and oxygen atoms in total. The molecule has 5 atom stereocenters. The van der Waals surface area contributed by atoms with Gasteiger partial charge >= 0.3 is 39.5 Å². The van der Waals surface area contributed by atoms with Crippen molar-refractivity contribution in [1.29, 1.82) is 0 Å². The van der Waals surface area contributed by atoms with Crippen LogP contribution in [0.1, 0.15) is 272 Å². The van der Waals surface area contributed by atoms with Crippen molar-refractivity contribution in [3.63, 3.8) is 0 Å². The van der Waals surface area contributed by atoms with Crippen molar-refractivity contribution in [3.8, 4) is 0 Å². The van der Waals surface area contributed by atoms with Gasteiger partial charge < -0.3 is 33.8 Å². The number of unbranched alkanes of at least 4 members (excludes halogenated alkanes) is 18. The van der Waals surface area contributed by atoms with Crippen LogP contribution < -0.4 is 0 Å². The molecule has 0 aliphatic rings. The molecule has 0 aromatic rings. The summed E-state index contributed by atoms with van der Waals surface area (Å²) in [6, 6.07) is 0. The third kappa shape index (κ3) is 69.4. The van der Waals surface area contributed by atoms with Crippen molar-refractivity contribution in [2.24, 2.45) is 0 Å². The summed E-state index contributed by atoms with van der Waals surface area (Å²) in [5.41, 5.74) is 0. The summed E-state index contributed by atoms with van der Waals surface area (Å²) < 4.78 is 68.2. The molecule has 0 spiro atoms. The van der Waals surface area contributed by atoms with Crippen LogP contribution in [0.2, 0.25) is 0 Å². The van der Waals surface area contributed by atoms with Crippen molar-refractivity contribution in [2.45, 2.75) is 290 Å². The normalized spacial score (nSPS) is 14.8. The Labute approximate surface area is 592 Å². The molecule has 0 bridgehead atoms. The summed E-state index contributed by atoms with van der Waals surface area (Å²) in [6.07, 6.45) is 78.7. The Morgan fingerprint density at radius 1 is 0.296 bits per heavy atom. The lowest BCUT2D eigenvalue weighted by Gasteiger charge is -2.21. The van der Waals surface area contributed by atoms with E-state index >= 15 is 0 Å². The first-order valence-electron chi connectivity index (χ1n) is 37.1. The van der Waals surface area contributed by atoms with Gasteiger partial charge in [-0.05, 0) is 128 Å². The van der Waals surface area contributed by atoms with E-state index < -0.39 is 97.5 Å². The Kier molecular flexibility index (Phi) is 66.7. The Morgan fingerprint density at radius 3 is 0.939 bits per heavy atom. The minimum atomic E-state index is -5.00. The highest BCUT2D eigenvalue weighted by molar-refractivity contribution is 7.47. The number of phosphoric ester groups is 2. The third-order valence-corrected chi connectivity index (χ3v) is 16.7. The third-order valence-electron chi connectivity index (χ3n) is 14.8. The second kappa shape index (κ2) is 70.4. The average molecular weight is 1410 g/mol. The number of carbonyl (C=O) groups is 4. The van der Waals surface area contributed by atoms with Gasteiger partial charge in [0.1, 0.15) is 19.3 Å². The highest BCUT2D eigenvalue weighted by Gasteiger charge is 2.30. The number of ether oxygens (including phenoxy) is 4. The van der Waals surface area contributed by atoms with E-state index in [1.807, 2.05) is 18.2 Å². The van der Waals surface area contributed by atoms with Crippen molar-refractivity contribution < 1.29 is 80.2 Å². The maximum Gasteiger partial charge on any atom is 0.472 e. The zero-order valence-electron chi connectivity index (χ0n) is 60.7. The minimum Gasteiger partial charge on any atom is -0.462 e. The fourth-order valence-electron chi connectivity index (χ4n) is 9.21. The van der Waals surface area contributed by atoms with Crippen LogP contribution in [0.15, 0.2) is 146 Å². The van der Waals surface area contributed by atoms with E-state index in [4.69, 9.17) is 37.0 Å². The molecule has 0 rings (SSSR count). The summed E-state index contributed by atoms with van der Waals surface area (Å²) in [6.45, 7) is 4.39. The zero-order valence-corrected chi connectivity index (χ0v) is 62.4. The van der Waals surface area contributed by atoms with Gasteiger partial charge in [-0.15, -0.1) is 0 Å². The molecule has 0 saturated heterocycles. The van der Waals surface area contributed by atoms with Gasteiger partial charge in [0.25, 0.3) is 0 Å². The van der Waals surface area contributed by atoms with Crippen LogP contribution in [0.5, 0.6) is 0 Å². The lowest BCUT2D eigenvalue weighted by atomic mass is 10.1. The van der Waals surface area contributed by atoms with E-state index in [1.165, 1.54) is 38.5 Å². The topological polar surface area (TPSA) is 237 Å². The first-order valence-corrected chi connectivity index (χ1v) is 40.1. The quantitative estimate of drug-likeness (QED) is 0.0169. The van der Waals surface area contributed by atoms with Crippen LogP contribution in [-0.2, 0) is 65.4 Å². The number of aliphatic hydroxyl groups is 1. The molecule has 5 unspecified atom stereocenters. The van der Waals surface area contributed by atoms with Gasteiger partial charge in [0.2, 0.25) is 0 Å². The van der Waals surface area contributed by atoms with Crippen LogP contribution in [-0.4, -0.2) is 96.7 Å². The number of hydrogen-bond donors (Lipinski definition) is 3.